The van der Waals surface area contributed by atoms with Gasteiger partial charge in [0.2, 0.25) is 0 Å². The molecule has 7 aromatic carbocycles. The van der Waals surface area contributed by atoms with Gasteiger partial charge in [0.25, 0.3) is 0 Å². The molecular weight excluding hydrogens is 623 g/mol. The van der Waals surface area contributed by atoms with Gasteiger partial charge in [-0.3, -0.25) is 4.99 Å². The maximum absolute atomic E-state index is 6.35. The maximum atomic E-state index is 6.35. The Morgan fingerprint density at radius 1 is 0.479 bits per heavy atom. The maximum Gasteiger partial charge on any atom is 0.136 e. The quantitative estimate of drug-likeness (QED) is 0.170. The van der Waals surface area contributed by atoms with Gasteiger partial charge in [-0.2, -0.15) is 0 Å². The Hall–Kier alpha value is -5.55. The van der Waals surface area contributed by atoms with E-state index in [0.29, 0.717) is 6.54 Å². The summed E-state index contributed by atoms with van der Waals surface area (Å²) in [5.74, 6) is 0. The summed E-state index contributed by atoms with van der Waals surface area (Å²) >= 11 is 3.73. The fourth-order valence-electron chi connectivity index (χ4n) is 7.11. The predicted molar refractivity (Wildman–Crippen MR) is 208 cm³/mol. The Morgan fingerprint density at radius 3 is 2.17 bits per heavy atom. The lowest BCUT2D eigenvalue weighted by Gasteiger charge is -2.07. The van der Waals surface area contributed by atoms with Crippen LogP contribution in [-0.2, 0) is 6.54 Å². The van der Waals surface area contributed by atoms with E-state index >= 15 is 0 Å². The Balaban J connectivity index is 1.10. The summed E-state index contributed by atoms with van der Waals surface area (Å²) in [5, 5.41) is 7.48. The average Bonchev–Trinajstić information content (AvgIpc) is 3.82. The molecular formula is C44H27NOS2. The summed E-state index contributed by atoms with van der Waals surface area (Å²) in [6.45, 7) is 0.644. The predicted octanol–water partition coefficient (Wildman–Crippen LogP) is 13.3. The van der Waals surface area contributed by atoms with Crippen molar-refractivity contribution in [3.05, 3.63) is 157 Å². The van der Waals surface area contributed by atoms with E-state index in [-0.39, 0.29) is 0 Å². The SMILES string of the molecule is C(=NCc1ccccc1)c1cccc2oc3ccc(-c4cccc5sc6ccc(-c7ccc8c(c7)sc7ccccc78)cc6c45)cc3c12. The lowest BCUT2D eigenvalue weighted by Crippen LogP contribution is -1.86. The van der Waals surface area contributed by atoms with Crippen LogP contribution in [0, 0.1) is 0 Å². The van der Waals surface area contributed by atoms with Crippen LogP contribution >= 0.6 is 22.7 Å². The van der Waals surface area contributed by atoms with E-state index in [0.717, 1.165) is 27.5 Å². The molecule has 0 bridgehead atoms. The second-order valence-electron chi connectivity index (χ2n) is 12.3. The number of furan rings is 1. The molecule has 10 aromatic rings. The molecule has 226 valence electrons. The molecule has 10 rings (SSSR count). The number of benzene rings is 7. The molecule has 0 aliphatic carbocycles. The zero-order chi connectivity index (χ0) is 31.6. The minimum absolute atomic E-state index is 0.644. The van der Waals surface area contributed by atoms with Crippen LogP contribution in [0.15, 0.2) is 155 Å². The fourth-order valence-corrected chi connectivity index (χ4v) is 9.37. The van der Waals surface area contributed by atoms with E-state index in [4.69, 9.17) is 9.41 Å². The molecule has 3 heterocycles. The first-order valence-corrected chi connectivity index (χ1v) is 17.8. The first-order valence-electron chi connectivity index (χ1n) is 16.1. The van der Waals surface area contributed by atoms with Crippen molar-refractivity contribution < 1.29 is 4.42 Å². The number of thiophene rings is 2. The van der Waals surface area contributed by atoms with Crippen LogP contribution in [0.2, 0.25) is 0 Å². The first kappa shape index (κ1) is 27.6. The highest BCUT2D eigenvalue weighted by atomic mass is 32.1. The van der Waals surface area contributed by atoms with E-state index < -0.39 is 0 Å². The zero-order valence-electron chi connectivity index (χ0n) is 25.8. The van der Waals surface area contributed by atoms with Crippen molar-refractivity contribution in [1.29, 1.82) is 0 Å². The van der Waals surface area contributed by atoms with Crippen molar-refractivity contribution >= 4 is 91.2 Å². The lowest BCUT2D eigenvalue weighted by atomic mass is 9.96. The smallest absolute Gasteiger partial charge is 0.136 e. The lowest BCUT2D eigenvalue weighted by molar-refractivity contribution is 0.669. The molecule has 0 atom stereocenters. The molecule has 4 heteroatoms. The topological polar surface area (TPSA) is 25.5 Å². The summed E-state index contributed by atoms with van der Waals surface area (Å²) in [4.78, 5) is 4.79. The third-order valence-electron chi connectivity index (χ3n) is 9.39. The highest BCUT2D eigenvalue weighted by Gasteiger charge is 2.16. The zero-order valence-corrected chi connectivity index (χ0v) is 27.4. The Kier molecular flexibility index (Phi) is 6.33. The van der Waals surface area contributed by atoms with Crippen molar-refractivity contribution in [2.24, 2.45) is 4.99 Å². The number of hydrogen-bond acceptors (Lipinski definition) is 4. The number of aliphatic imine (C=N–C) groups is 1. The van der Waals surface area contributed by atoms with Crippen molar-refractivity contribution in [2.75, 3.05) is 0 Å². The van der Waals surface area contributed by atoms with Crippen LogP contribution in [-0.4, -0.2) is 6.21 Å². The van der Waals surface area contributed by atoms with Crippen LogP contribution in [0.4, 0.5) is 0 Å². The molecule has 48 heavy (non-hydrogen) atoms. The molecule has 0 aliphatic rings. The number of hydrogen-bond donors (Lipinski definition) is 0. The molecule has 0 N–H and O–H groups in total. The van der Waals surface area contributed by atoms with Crippen LogP contribution < -0.4 is 0 Å². The first-order chi connectivity index (χ1) is 23.8. The van der Waals surface area contributed by atoms with Gasteiger partial charge in [-0.15, -0.1) is 22.7 Å². The van der Waals surface area contributed by atoms with Gasteiger partial charge in [0.15, 0.2) is 0 Å². The number of fused-ring (bicyclic) bond motifs is 9. The Bertz CT molecular complexity index is 2870. The van der Waals surface area contributed by atoms with Crippen LogP contribution in [0.3, 0.4) is 0 Å². The van der Waals surface area contributed by atoms with Crippen molar-refractivity contribution in [2.45, 2.75) is 6.54 Å². The van der Waals surface area contributed by atoms with Crippen molar-refractivity contribution in [3.8, 4) is 22.3 Å². The van der Waals surface area contributed by atoms with Gasteiger partial charge in [0.1, 0.15) is 11.2 Å². The summed E-state index contributed by atoms with van der Waals surface area (Å²) in [6, 6.07) is 52.5. The molecule has 2 nitrogen and oxygen atoms in total. The third kappa shape index (κ3) is 4.49. The van der Waals surface area contributed by atoms with E-state index in [1.807, 2.05) is 47.1 Å². The molecule has 0 amide bonds. The molecule has 0 radical (unpaired) electrons. The number of nitrogens with zero attached hydrogens (tertiary/aromatic N) is 1. The van der Waals surface area contributed by atoms with E-state index in [2.05, 4.69) is 127 Å². The standard InChI is InChI=1S/C44H27NOS2/c1-2-8-27(9-3-1)25-45-26-31-10-6-13-38-43(31)35-23-30(17-20-37(35)46-38)32-12-7-15-41-44(32)36-22-28(18-21-40(36)47-41)29-16-19-34-33-11-4-5-14-39(33)48-42(34)24-29/h1-24,26H,25H2. The molecule has 3 aromatic heterocycles. The van der Waals surface area contributed by atoms with Gasteiger partial charge in [0.05, 0.1) is 6.54 Å². The second-order valence-corrected chi connectivity index (χ2v) is 14.5. The summed E-state index contributed by atoms with van der Waals surface area (Å²) < 4.78 is 11.6. The van der Waals surface area contributed by atoms with Crippen molar-refractivity contribution in [1.82, 2.24) is 0 Å². The van der Waals surface area contributed by atoms with Gasteiger partial charge in [-0.25, -0.2) is 0 Å². The van der Waals surface area contributed by atoms with E-state index in [1.54, 1.807) is 0 Å². The monoisotopic (exact) mass is 649 g/mol. The van der Waals surface area contributed by atoms with Crippen LogP contribution in [0.1, 0.15) is 11.1 Å². The summed E-state index contributed by atoms with van der Waals surface area (Å²) in [6.07, 6.45) is 1.99. The Labute approximate surface area is 284 Å². The molecule has 0 fully saturated rings. The van der Waals surface area contributed by atoms with E-state index in [9.17, 15) is 0 Å². The normalized spacial score (nSPS) is 12.2. The minimum atomic E-state index is 0.644. The molecule has 0 unspecified atom stereocenters. The second kappa shape index (κ2) is 11.0. The van der Waals surface area contributed by atoms with Gasteiger partial charge >= 0.3 is 0 Å². The van der Waals surface area contributed by atoms with Gasteiger partial charge in [-0.05, 0) is 76.3 Å². The average molecular weight is 650 g/mol. The third-order valence-corrected chi connectivity index (χ3v) is 11.7. The van der Waals surface area contributed by atoms with Crippen LogP contribution in [0.5, 0.6) is 0 Å². The molecule has 0 saturated carbocycles. The molecule has 0 saturated heterocycles. The number of rotatable bonds is 5. The highest BCUT2D eigenvalue weighted by molar-refractivity contribution is 7.26. The van der Waals surface area contributed by atoms with Crippen LogP contribution in [0.25, 0.3) is 84.5 Å². The van der Waals surface area contributed by atoms with Crippen molar-refractivity contribution in [3.63, 3.8) is 0 Å². The highest BCUT2D eigenvalue weighted by Crippen LogP contribution is 2.44. The van der Waals surface area contributed by atoms with Gasteiger partial charge in [-0.1, -0.05) is 97.1 Å². The summed E-state index contributed by atoms with van der Waals surface area (Å²) in [5.41, 5.74) is 8.95. The molecule has 0 aliphatic heterocycles. The minimum Gasteiger partial charge on any atom is -0.456 e. The Morgan fingerprint density at radius 2 is 1.21 bits per heavy atom. The summed E-state index contributed by atoms with van der Waals surface area (Å²) in [7, 11) is 0. The molecule has 0 spiro atoms. The van der Waals surface area contributed by atoms with Gasteiger partial charge < -0.3 is 4.42 Å². The van der Waals surface area contributed by atoms with Gasteiger partial charge in [0, 0.05) is 62.9 Å². The fraction of sp³-hybridized carbons (Fsp3) is 0.0227. The largest absolute Gasteiger partial charge is 0.456 e. The van der Waals surface area contributed by atoms with E-state index in [1.165, 1.54) is 68.2 Å².